The first-order valence-corrected chi connectivity index (χ1v) is 10.8. The van der Waals surface area contributed by atoms with Gasteiger partial charge in [0.05, 0.1) is 22.8 Å². The number of nitrogens with one attached hydrogen (secondary N) is 1. The Labute approximate surface area is 177 Å². The Kier molecular flexibility index (Phi) is 5.97. The van der Waals surface area contributed by atoms with Crippen molar-refractivity contribution in [1.29, 1.82) is 0 Å². The van der Waals surface area contributed by atoms with Gasteiger partial charge < -0.3 is 10.1 Å². The normalized spacial score (nSPS) is 11.8. The summed E-state index contributed by atoms with van der Waals surface area (Å²) in [5.74, 6) is 0.615. The van der Waals surface area contributed by atoms with Gasteiger partial charge in [0.15, 0.2) is 0 Å². The van der Waals surface area contributed by atoms with E-state index in [-0.39, 0.29) is 11.9 Å². The number of carbonyl (C=O) groups excluding carboxylic acids is 1. The lowest BCUT2D eigenvalue weighted by Crippen LogP contribution is -2.25. The minimum atomic E-state index is -0.159. The number of nitrogens with zero attached hydrogens (tertiary/aromatic N) is 2. The van der Waals surface area contributed by atoms with Crippen LogP contribution in [0, 0.1) is 0 Å². The van der Waals surface area contributed by atoms with Crippen LogP contribution in [0.25, 0.3) is 9.88 Å². The van der Waals surface area contributed by atoms with Gasteiger partial charge in [-0.1, -0.05) is 24.3 Å². The van der Waals surface area contributed by atoms with Crippen molar-refractivity contribution >= 4 is 28.6 Å². The van der Waals surface area contributed by atoms with Crippen LogP contribution in [0.5, 0.6) is 5.75 Å². The molecular weight excluding hydrogens is 402 g/mol. The van der Waals surface area contributed by atoms with Crippen molar-refractivity contribution in [2.24, 2.45) is 0 Å². The second-order valence-electron chi connectivity index (χ2n) is 6.38. The van der Waals surface area contributed by atoms with E-state index in [0.29, 0.717) is 11.5 Å². The molecule has 0 spiro atoms. The van der Waals surface area contributed by atoms with E-state index in [1.807, 2.05) is 66.9 Å². The zero-order valence-electron chi connectivity index (χ0n) is 15.7. The van der Waals surface area contributed by atoms with Crippen LogP contribution in [0.4, 0.5) is 0 Å². The fourth-order valence-electron chi connectivity index (χ4n) is 2.76. The Morgan fingerprint density at radius 2 is 2.07 bits per heavy atom. The molecule has 1 atom stereocenters. The Balaban J connectivity index is 1.39. The minimum Gasteiger partial charge on any atom is -0.487 e. The van der Waals surface area contributed by atoms with E-state index in [2.05, 4.69) is 15.3 Å². The summed E-state index contributed by atoms with van der Waals surface area (Å²) in [6, 6.07) is 17.3. The van der Waals surface area contributed by atoms with Gasteiger partial charge in [0, 0.05) is 6.20 Å². The van der Waals surface area contributed by atoms with E-state index in [0.717, 1.165) is 26.9 Å². The van der Waals surface area contributed by atoms with Crippen molar-refractivity contribution < 1.29 is 9.53 Å². The summed E-state index contributed by atoms with van der Waals surface area (Å²) in [5.41, 5.74) is 1.84. The first kappa shape index (κ1) is 19.3. The third-order valence-electron chi connectivity index (χ3n) is 4.28. The van der Waals surface area contributed by atoms with Crippen molar-refractivity contribution in [1.82, 2.24) is 15.3 Å². The molecule has 146 valence electrons. The van der Waals surface area contributed by atoms with Gasteiger partial charge in [-0.05, 0) is 48.2 Å². The first-order valence-electron chi connectivity index (χ1n) is 9.12. The Morgan fingerprint density at radius 3 is 2.86 bits per heavy atom. The molecule has 5 nitrogen and oxygen atoms in total. The Morgan fingerprint density at radius 1 is 1.14 bits per heavy atom. The quantitative estimate of drug-likeness (QED) is 0.438. The van der Waals surface area contributed by atoms with Gasteiger partial charge in [0.1, 0.15) is 22.2 Å². The van der Waals surface area contributed by atoms with Crippen molar-refractivity contribution in [3.05, 3.63) is 88.5 Å². The molecule has 0 radical (unpaired) electrons. The van der Waals surface area contributed by atoms with Crippen molar-refractivity contribution in [3.63, 3.8) is 0 Å². The number of rotatable bonds is 7. The number of thiophene rings is 1. The molecule has 1 amide bonds. The largest absolute Gasteiger partial charge is 0.487 e. The second-order valence-corrected chi connectivity index (χ2v) is 8.36. The summed E-state index contributed by atoms with van der Waals surface area (Å²) < 4.78 is 5.84. The Hall–Kier alpha value is -3.03. The highest BCUT2D eigenvalue weighted by atomic mass is 32.1. The molecule has 4 rings (SSSR count). The predicted octanol–water partition coefficient (Wildman–Crippen LogP) is 5.34. The lowest BCUT2D eigenvalue weighted by atomic mass is 10.1. The molecule has 0 fully saturated rings. The standard InChI is InChI=1S/C22H19N3O2S2/c1-15(25-21(26)20-13-24-22(29-20)19-9-5-11-28-19)16-6-4-8-18(12-16)27-14-17-7-2-3-10-23-17/h2-13,15H,14H2,1H3,(H,25,26). The highest BCUT2D eigenvalue weighted by molar-refractivity contribution is 7.21. The van der Waals surface area contributed by atoms with Gasteiger partial charge >= 0.3 is 0 Å². The average molecular weight is 422 g/mol. The number of benzene rings is 1. The number of hydrogen-bond acceptors (Lipinski definition) is 6. The van der Waals surface area contributed by atoms with Crippen molar-refractivity contribution in [2.45, 2.75) is 19.6 Å². The monoisotopic (exact) mass is 421 g/mol. The number of ether oxygens (including phenoxy) is 1. The smallest absolute Gasteiger partial charge is 0.263 e. The highest BCUT2D eigenvalue weighted by Crippen LogP contribution is 2.29. The summed E-state index contributed by atoms with van der Waals surface area (Å²) >= 11 is 3.01. The molecule has 0 saturated carbocycles. The fourth-order valence-corrected chi connectivity index (χ4v) is 4.38. The fraction of sp³-hybridized carbons (Fsp3) is 0.136. The van der Waals surface area contributed by atoms with E-state index in [1.165, 1.54) is 11.3 Å². The van der Waals surface area contributed by atoms with Gasteiger partial charge in [-0.3, -0.25) is 9.78 Å². The predicted molar refractivity (Wildman–Crippen MR) is 116 cm³/mol. The van der Waals surface area contributed by atoms with Crippen LogP contribution in [0.3, 0.4) is 0 Å². The highest BCUT2D eigenvalue weighted by Gasteiger charge is 2.16. The second kappa shape index (κ2) is 8.98. The van der Waals surface area contributed by atoms with Gasteiger partial charge in [-0.15, -0.1) is 22.7 Å². The number of amides is 1. The number of carbonyl (C=O) groups is 1. The zero-order valence-corrected chi connectivity index (χ0v) is 17.4. The summed E-state index contributed by atoms with van der Waals surface area (Å²) in [4.78, 5) is 22.9. The number of thiazole rings is 1. The summed E-state index contributed by atoms with van der Waals surface area (Å²) in [6.45, 7) is 2.36. The number of aromatic nitrogens is 2. The van der Waals surface area contributed by atoms with Crippen LogP contribution < -0.4 is 10.1 Å². The van der Waals surface area contributed by atoms with Crippen molar-refractivity contribution in [2.75, 3.05) is 0 Å². The molecule has 1 N–H and O–H groups in total. The van der Waals surface area contributed by atoms with Crippen molar-refractivity contribution in [3.8, 4) is 15.6 Å². The summed E-state index contributed by atoms with van der Waals surface area (Å²) in [7, 11) is 0. The molecule has 7 heteroatoms. The van der Waals surface area contributed by atoms with Gasteiger partial charge in [0.25, 0.3) is 5.91 Å². The molecule has 1 aromatic carbocycles. The van der Waals surface area contributed by atoms with Crippen LogP contribution in [-0.2, 0) is 6.61 Å². The van der Waals surface area contributed by atoms with E-state index in [4.69, 9.17) is 4.74 Å². The van der Waals surface area contributed by atoms with E-state index < -0.39 is 0 Å². The van der Waals surface area contributed by atoms with Gasteiger partial charge in [-0.25, -0.2) is 4.98 Å². The molecule has 0 aliphatic rings. The topological polar surface area (TPSA) is 64.1 Å². The first-order chi connectivity index (χ1) is 14.2. The van der Waals surface area contributed by atoms with Crippen LogP contribution in [0.2, 0.25) is 0 Å². The van der Waals surface area contributed by atoms with Gasteiger partial charge in [0.2, 0.25) is 0 Å². The van der Waals surface area contributed by atoms with Gasteiger partial charge in [-0.2, -0.15) is 0 Å². The van der Waals surface area contributed by atoms with E-state index >= 15 is 0 Å². The molecular formula is C22H19N3O2S2. The molecule has 3 heterocycles. The average Bonchev–Trinajstić information content (AvgIpc) is 3.45. The van der Waals surface area contributed by atoms with E-state index in [1.54, 1.807) is 23.7 Å². The van der Waals surface area contributed by atoms with E-state index in [9.17, 15) is 4.79 Å². The van der Waals surface area contributed by atoms with Crippen LogP contribution in [0.1, 0.15) is 33.9 Å². The minimum absolute atomic E-state index is 0.127. The number of pyridine rings is 1. The SMILES string of the molecule is CC(NC(=O)c1cnc(-c2cccs2)s1)c1cccc(OCc2ccccn2)c1. The molecule has 1 unspecified atom stereocenters. The maximum Gasteiger partial charge on any atom is 0.263 e. The summed E-state index contributed by atoms with van der Waals surface area (Å²) in [6.07, 6.45) is 3.38. The Bertz CT molecular complexity index is 1080. The van der Waals surface area contributed by atoms with Crippen LogP contribution in [-0.4, -0.2) is 15.9 Å². The van der Waals surface area contributed by atoms with Crippen LogP contribution in [0.15, 0.2) is 72.4 Å². The van der Waals surface area contributed by atoms with Crippen LogP contribution >= 0.6 is 22.7 Å². The molecule has 0 bridgehead atoms. The molecule has 4 aromatic rings. The summed E-state index contributed by atoms with van der Waals surface area (Å²) in [5, 5.41) is 5.90. The molecule has 0 saturated heterocycles. The molecule has 29 heavy (non-hydrogen) atoms. The molecule has 0 aliphatic carbocycles. The maximum atomic E-state index is 12.6. The molecule has 3 aromatic heterocycles. The lowest BCUT2D eigenvalue weighted by Gasteiger charge is -2.15. The molecule has 0 aliphatic heterocycles. The third kappa shape index (κ3) is 4.88. The third-order valence-corrected chi connectivity index (χ3v) is 6.32. The zero-order chi connectivity index (χ0) is 20.1. The number of hydrogen-bond donors (Lipinski definition) is 1. The lowest BCUT2D eigenvalue weighted by molar-refractivity contribution is 0.0943. The maximum absolute atomic E-state index is 12.6.